The molecule has 25 heavy (non-hydrogen) atoms. The second-order valence-corrected chi connectivity index (χ2v) is 5.82. The molecule has 0 saturated heterocycles. The Labute approximate surface area is 150 Å². The topological polar surface area (TPSA) is 64.4 Å². The number of benzene rings is 2. The Morgan fingerprint density at radius 3 is 2.68 bits per heavy atom. The maximum Gasteiger partial charge on any atom is 0.216 e. The first-order chi connectivity index (χ1) is 12.2. The maximum atomic E-state index is 5.87. The summed E-state index contributed by atoms with van der Waals surface area (Å²) in [4.78, 5) is 0. The number of nitrogens with one attached hydrogen (secondary N) is 1. The molecule has 0 aliphatic carbocycles. The highest BCUT2D eigenvalue weighted by atomic mass is 32.1. The summed E-state index contributed by atoms with van der Waals surface area (Å²) in [5.74, 6) is 1.33. The predicted molar refractivity (Wildman–Crippen MR) is 98.9 cm³/mol. The Hall–Kier alpha value is -2.93. The zero-order valence-corrected chi connectivity index (χ0v) is 14.8. The van der Waals surface area contributed by atoms with Crippen LogP contribution < -0.4 is 9.47 Å². The SMILES string of the molecule is COc1cc(/C=N/n2cn[nH]c2=S)ccc1OCc1ccc(C)cc1. The van der Waals surface area contributed by atoms with Crippen LogP contribution in [0.15, 0.2) is 53.9 Å². The highest BCUT2D eigenvalue weighted by molar-refractivity contribution is 7.71. The summed E-state index contributed by atoms with van der Waals surface area (Å²) in [5.41, 5.74) is 3.19. The Bertz CT molecular complexity index is 929. The van der Waals surface area contributed by atoms with Gasteiger partial charge in [0, 0.05) is 0 Å². The van der Waals surface area contributed by atoms with E-state index in [1.165, 1.54) is 16.6 Å². The molecule has 0 unspecified atom stereocenters. The number of methoxy groups -OCH3 is 1. The van der Waals surface area contributed by atoms with Crippen molar-refractivity contribution >= 4 is 18.4 Å². The van der Waals surface area contributed by atoms with E-state index in [9.17, 15) is 0 Å². The van der Waals surface area contributed by atoms with Crippen LogP contribution in [0.3, 0.4) is 0 Å². The van der Waals surface area contributed by atoms with Crippen LogP contribution in [0, 0.1) is 11.7 Å². The summed E-state index contributed by atoms with van der Waals surface area (Å²) in [5, 5.41) is 10.7. The van der Waals surface area contributed by atoms with Crippen LogP contribution in [0.1, 0.15) is 16.7 Å². The molecule has 0 atom stereocenters. The molecular weight excluding hydrogens is 336 g/mol. The lowest BCUT2D eigenvalue weighted by Gasteiger charge is -2.11. The first kappa shape index (κ1) is 16.9. The number of aryl methyl sites for hydroxylation is 1. The summed E-state index contributed by atoms with van der Waals surface area (Å²) in [7, 11) is 1.61. The third-order valence-electron chi connectivity index (χ3n) is 3.57. The average molecular weight is 354 g/mol. The van der Waals surface area contributed by atoms with Crippen LogP contribution in [-0.2, 0) is 6.61 Å². The molecule has 0 radical (unpaired) electrons. The van der Waals surface area contributed by atoms with E-state index in [1.807, 2.05) is 18.2 Å². The molecule has 1 heterocycles. The number of H-pyrrole nitrogens is 1. The van der Waals surface area contributed by atoms with E-state index >= 15 is 0 Å². The summed E-state index contributed by atoms with van der Waals surface area (Å²) >= 11 is 5.05. The van der Waals surface area contributed by atoms with Gasteiger partial charge in [-0.05, 0) is 48.5 Å². The number of aromatic nitrogens is 3. The molecule has 6 nitrogen and oxygen atoms in total. The van der Waals surface area contributed by atoms with Crippen LogP contribution in [0.4, 0.5) is 0 Å². The fourth-order valence-corrected chi connectivity index (χ4v) is 2.33. The van der Waals surface area contributed by atoms with Crippen molar-refractivity contribution in [1.82, 2.24) is 14.9 Å². The van der Waals surface area contributed by atoms with Gasteiger partial charge in [-0.3, -0.25) is 5.10 Å². The molecule has 0 fully saturated rings. The Balaban J connectivity index is 1.73. The fraction of sp³-hybridized carbons (Fsp3) is 0.167. The Morgan fingerprint density at radius 1 is 1.20 bits per heavy atom. The lowest BCUT2D eigenvalue weighted by molar-refractivity contribution is 0.284. The van der Waals surface area contributed by atoms with Gasteiger partial charge in [-0.1, -0.05) is 29.8 Å². The summed E-state index contributed by atoms with van der Waals surface area (Å²) < 4.78 is 13.2. The number of nitrogens with zero attached hydrogens (tertiary/aromatic N) is 3. The zero-order valence-electron chi connectivity index (χ0n) is 14.0. The second kappa shape index (κ2) is 7.76. The lowest BCUT2D eigenvalue weighted by atomic mass is 10.2. The molecule has 0 saturated carbocycles. The monoisotopic (exact) mass is 354 g/mol. The highest BCUT2D eigenvalue weighted by Crippen LogP contribution is 2.28. The standard InChI is InChI=1S/C18H18N4O2S/c1-13-3-5-14(6-4-13)11-24-16-8-7-15(9-17(16)23-2)10-20-22-12-19-21-18(22)25/h3-10,12H,11H2,1-2H3,(H,21,25)/b20-10+. The molecule has 0 bridgehead atoms. The number of ether oxygens (including phenoxy) is 2. The van der Waals surface area contributed by atoms with Gasteiger partial charge in [-0.25, -0.2) is 0 Å². The van der Waals surface area contributed by atoms with Gasteiger partial charge >= 0.3 is 0 Å². The summed E-state index contributed by atoms with van der Waals surface area (Å²) in [6.45, 7) is 2.54. The van der Waals surface area contributed by atoms with E-state index in [2.05, 4.69) is 46.5 Å². The predicted octanol–water partition coefficient (Wildman–Crippen LogP) is 3.72. The first-order valence-corrected chi connectivity index (χ1v) is 8.09. The smallest absolute Gasteiger partial charge is 0.216 e. The highest BCUT2D eigenvalue weighted by Gasteiger charge is 2.06. The lowest BCUT2D eigenvalue weighted by Crippen LogP contribution is -1.98. The van der Waals surface area contributed by atoms with Crippen LogP contribution in [0.5, 0.6) is 11.5 Å². The molecule has 3 rings (SSSR count). The summed E-state index contributed by atoms with van der Waals surface area (Å²) in [6, 6.07) is 13.9. The van der Waals surface area contributed by atoms with E-state index in [1.54, 1.807) is 13.3 Å². The third kappa shape index (κ3) is 4.33. The average Bonchev–Trinajstić information content (AvgIpc) is 3.04. The second-order valence-electron chi connectivity index (χ2n) is 5.44. The van der Waals surface area contributed by atoms with Gasteiger partial charge < -0.3 is 9.47 Å². The minimum Gasteiger partial charge on any atom is -0.493 e. The van der Waals surface area contributed by atoms with Crippen molar-refractivity contribution in [3.8, 4) is 11.5 Å². The van der Waals surface area contributed by atoms with E-state index in [0.717, 1.165) is 11.1 Å². The molecule has 7 heteroatoms. The van der Waals surface area contributed by atoms with Crippen LogP contribution >= 0.6 is 12.2 Å². The maximum absolute atomic E-state index is 5.87. The first-order valence-electron chi connectivity index (χ1n) is 7.68. The van der Waals surface area contributed by atoms with E-state index in [-0.39, 0.29) is 0 Å². The number of rotatable bonds is 6. The minimum atomic E-state index is 0.432. The Morgan fingerprint density at radius 2 is 2.00 bits per heavy atom. The van der Waals surface area contributed by atoms with Gasteiger partial charge in [-0.15, -0.1) is 0 Å². The quantitative estimate of drug-likeness (QED) is 0.541. The number of hydrogen-bond donors (Lipinski definition) is 1. The molecular formula is C18H18N4O2S. The van der Waals surface area contributed by atoms with E-state index < -0.39 is 0 Å². The van der Waals surface area contributed by atoms with Gasteiger partial charge in [0.05, 0.1) is 13.3 Å². The van der Waals surface area contributed by atoms with Crippen molar-refractivity contribution in [3.63, 3.8) is 0 Å². The van der Waals surface area contributed by atoms with Crippen LogP contribution in [-0.4, -0.2) is 28.2 Å². The van der Waals surface area contributed by atoms with Crippen molar-refractivity contribution in [2.75, 3.05) is 7.11 Å². The van der Waals surface area contributed by atoms with Gasteiger partial charge in [-0.2, -0.15) is 14.9 Å². The summed E-state index contributed by atoms with van der Waals surface area (Å²) in [6.07, 6.45) is 3.19. The van der Waals surface area contributed by atoms with E-state index in [4.69, 9.17) is 21.7 Å². The molecule has 1 aromatic heterocycles. The third-order valence-corrected chi connectivity index (χ3v) is 3.85. The fourth-order valence-electron chi connectivity index (χ4n) is 2.18. The van der Waals surface area contributed by atoms with Gasteiger partial charge in [0.1, 0.15) is 12.9 Å². The molecule has 128 valence electrons. The molecule has 3 aromatic rings. The van der Waals surface area contributed by atoms with Crippen molar-refractivity contribution in [2.24, 2.45) is 5.10 Å². The largest absolute Gasteiger partial charge is 0.493 e. The van der Waals surface area contributed by atoms with Crippen molar-refractivity contribution in [2.45, 2.75) is 13.5 Å². The van der Waals surface area contributed by atoms with Crippen molar-refractivity contribution in [3.05, 3.63) is 70.3 Å². The van der Waals surface area contributed by atoms with E-state index in [0.29, 0.717) is 22.9 Å². The normalized spacial score (nSPS) is 11.0. The molecule has 0 aliphatic heterocycles. The van der Waals surface area contributed by atoms with Crippen LogP contribution in [0.2, 0.25) is 0 Å². The molecule has 0 aliphatic rings. The zero-order chi connectivity index (χ0) is 17.6. The molecule has 0 spiro atoms. The Kier molecular flexibility index (Phi) is 5.25. The van der Waals surface area contributed by atoms with Gasteiger partial charge in [0.2, 0.25) is 4.77 Å². The van der Waals surface area contributed by atoms with Crippen molar-refractivity contribution in [1.29, 1.82) is 0 Å². The number of hydrogen-bond acceptors (Lipinski definition) is 5. The number of aromatic amines is 1. The van der Waals surface area contributed by atoms with Gasteiger partial charge in [0.25, 0.3) is 0 Å². The minimum absolute atomic E-state index is 0.432. The molecule has 0 amide bonds. The van der Waals surface area contributed by atoms with Gasteiger partial charge in [0.15, 0.2) is 11.5 Å². The molecule has 1 N–H and O–H groups in total. The van der Waals surface area contributed by atoms with Crippen LogP contribution in [0.25, 0.3) is 0 Å². The van der Waals surface area contributed by atoms with Crippen molar-refractivity contribution < 1.29 is 9.47 Å². The molecule has 2 aromatic carbocycles.